The summed E-state index contributed by atoms with van der Waals surface area (Å²) in [6, 6.07) is 4.24. The first-order valence-corrected chi connectivity index (χ1v) is 6.89. The van der Waals surface area contributed by atoms with Crippen LogP contribution >= 0.6 is 15.9 Å². The van der Waals surface area contributed by atoms with Gasteiger partial charge in [0.2, 0.25) is 0 Å². The molecular weight excluding hydrogens is 299 g/mol. The van der Waals surface area contributed by atoms with Crippen LogP contribution in [-0.4, -0.2) is 29.9 Å². The highest BCUT2D eigenvalue weighted by atomic mass is 79.9. The molecule has 2 rings (SSSR count). The summed E-state index contributed by atoms with van der Waals surface area (Å²) in [6.45, 7) is 1.20. The van der Waals surface area contributed by atoms with Crippen molar-refractivity contribution in [3.8, 4) is 0 Å². The summed E-state index contributed by atoms with van der Waals surface area (Å²) in [4.78, 5) is 14.2. The van der Waals surface area contributed by atoms with Crippen molar-refractivity contribution in [3.05, 3.63) is 34.1 Å². The van der Waals surface area contributed by atoms with E-state index < -0.39 is 0 Å². The molecule has 0 saturated carbocycles. The van der Waals surface area contributed by atoms with Crippen molar-refractivity contribution in [1.29, 1.82) is 0 Å². The quantitative estimate of drug-likeness (QED) is 0.912. The standard InChI is InChI=1S/C13H16BrFN2O/c14-12-7-9(15)4-5-11(12)13(18)17-6-2-1-3-10(17)8-16/h4-5,7,10H,1-3,6,8,16H2/t10-/m0/s1. The lowest BCUT2D eigenvalue weighted by Gasteiger charge is -2.35. The SMILES string of the molecule is NC[C@@H]1CCCCN1C(=O)c1ccc(F)cc1Br. The largest absolute Gasteiger partial charge is 0.334 e. The summed E-state index contributed by atoms with van der Waals surface area (Å²) in [7, 11) is 0. The lowest BCUT2D eigenvalue weighted by atomic mass is 10.0. The third-order valence-corrected chi connectivity index (χ3v) is 3.98. The van der Waals surface area contributed by atoms with E-state index in [1.165, 1.54) is 18.2 Å². The van der Waals surface area contributed by atoms with Crippen LogP contribution in [0.3, 0.4) is 0 Å². The summed E-state index contributed by atoms with van der Waals surface area (Å²) in [5.41, 5.74) is 6.20. The van der Waals surface area contributed by atoms with Crippen molar-refractivity contribution in [2.75, 3.05) is 13.1 Å². The van der Waals surface area contributed by atoms with Crippen LogP contribution in [0.15, 0.2) is 22.7 Å². The zero-order valence-electron chi connectivity index (χ0n) is 10.0. The predicted molar refractivity (Wildman–Crippen MR) is 71.8 cm³/mol. The first-order valence-electron chi connectivity index (χ1n) is 6.09. The summed E-state index contributed by atoms with van der Waals surface area (Å²) in [5, 5.41) is 0. The van der Waals surface area contributed by atoms with E-state index in [9.17, 15) is 9.18 Å². The molecule has 1 amide bonds. The number of piperidine rings is 1. The molecule has 1 aliphatic rings. The Bertz CT molecular complexity index is 453. The zero-order valence-corrected chi connectivity index (χ0v) is 11.6. The fraction of sp³-hybridized carbons (Fsp3) is 0.462. The van der Waals surface area contributed by atoms with Gasteiger partial charge in [0.1, 0.15) is 5.82 Å². The Morgan fingerprint density at radius 1 is 1.50 bits per heavy atom. The number of rotatable bonds is 2. The number of nitrogens with two attached hydrogens (primary N) is 1. The maximum atomic E-state index is 13.0. The Balaban J connectivity index is 2.24. The van der Waals surface area contributed by atoms with Gasteiger partial charge in [0.05, 0.1) is 5.56 Å². The Morgan fingerprint density at radius 3 is 2.94 bits per heavy atom. The molecule has 0 aromatic heterocycles. The monoisotopic (exact) mass is 314 g/mol. The van der Waals surface area contributed by atoms with Crippen molar-refractivity contribution in [2.45, 2.75) is 25.3 Å². The summed E-state index contributed by atoms with van der Waals surface area (Å²) in [6.07, 6.45) is 3.05. The van der Waals surface area contributed by atoms with E-state index in [-0.39, 0.29) is 17.8 Å². The molecular formula is C13H16BrFN2O. The lowest BCUT2D eigenvalue weighted by molar-refractivity contribution is 0.0622. The Labute approximate surface area is 114 Å². The fourth-order valence-corrected chi connectivity index (χ4v) is 2.85. The molecule has 0 spiro atoms. The topological polar surface area (TPSA) is 46.3 Å². The highest BCUT2D eigenvalue weighted by Gasteiger charge is 2.27. The molecule has 2 N–H and O–H groups in total. The maximum absolute atomic E-state index is 13.0. The van der Waals surface area contributed by atoms with Crippen molar-refractivity contribution >= 4 is 21.8 Å². The number of benzene rings is 1. The third kappa shape index (κ3) is 2.72. The Hall–Kier alpha value is -0.940. The average molecular weight is 315 g/mol. The number of carbonyl (C=O) groups excluding carboxylic acids is 1. The number of likely N-dealkylation sites (tertiary alicyclic amines) is 1. The first kappa shape index (κ1) is 13.5. The molecule has 1 aliphatic heterocycles. The van der Waals surface area contributed by atoms with Gasteiger partial charge in [0.15, 0.2) is 0 Å². The van der Waals surface area contributed by atoms with E-state index in [0.29, 0.717) is 16.6 Å². The summed E-state index contributed by atoms with van der Waals surface area (Å²) in [5.74, 6) is -0.426. The van der Waals surface area contributed by atoms with E-state index in [0.717, 1.165) is 25.8 Å². The van der Waals surface area contributed by atoms with Gasteiger partial charge in [-0.05, 0) is 53.4 Å². The van der Waals surface area contributed by atoms with Crippen LogP contribution < -0.4 is 5.73 Å². The molecule has 0 aliphatic carbocycles. The molecule has 3 nitrogen and oxygen atoms in total. The van der Waals surface area contributed by atoms with Gasteiger partial charge in [-0.15, -0.1) is 0 Å². The summed E-state index contributed by atoms with van der Waals surface area (Å²) >= 11 is 3.24. The Kier molecular flexibility index (Phi) is 4.35. The molecule has 1 aromatic rings. The number of hydrogen-bond acceptors (Lipinski definition) is 2. The minimum absolute atomic E-state index is 0.0722. The fourth-order valence-electron chi connectivity index (χ4n) is 2.33. The highest BCUT2D eigenvalue weighted by molar-refractivity contribution is 9.10. The van der Waals surface area contributed by atoms with E-state index in [4.69, 9.17) is 5.73 Å². The van der Waals surface area contributed by atoms with E-state index in [1.807, 2.05) is 4.90 Å². The minimum Gasteiger partial charge on any atom is -0.334 e. The smallest absolute Gasteiger partial charge is 0.255 e. The number of hydrogen-bond donors (Lipinski definition) is 1. The Morgan fingerprint density at radius 2 is 2.28 bits per heavy atom. The maximum Gasteiger partial charge on any atom is 0.255 e. The zero-order chi connectivity index (χ0) is 13.1. The number of nitrogens with zero attached hydrogens (tertiary/aromatic N) is 1. The molecule has 1 fully saturated rings. The normalized spacial score (nSPS) is 19.9. The van der Waals surface area contributed by atoms with Crippen LogP contribution in [-0.2, 0) is 0 Å². The number of carbonyl (C=O) groups is 1. The van der Waals surface area contributed by atoms with Crippen LogP contribution in [0.4, 0.5) is 4.39 Å². The second-order valence-electron chi connectivity index (χ2n) is 4.51. The van der Waals surface area contributed by atoms with Crippen LogP contribution in [0.25, 0.3) is 0 Å². The number of amides is 1. The van der Waals surface area contributed by atoms with E-state index >= 15 is 0 Å². The summed E-state index contributed by atoms with van der Waals surface area (Å²) < 4.78 is 13.5. The van der Waals surface area contributed by atoms with Gasteiger partial charge in [-0.25, -0.2) is 4.39 Å². The molecule has 5 heteroatoms. The second kappa shape index (κ2) is 5.80. The first-order chi connectivity index (χ1) is 8.63. The molecule has 1 aromatic carbocycles. The molecule has 1 heterocycles. The molecule has 98 valence electrons. The molecule has 18 heavy (non-hydrogen) atoms. The lowest BCUT2D eigenvalue weighted by Crippen LogP contribution is -2.47. The van der Waals surface area contributed by atoms with Gasteiger partial charge >= 0.3 is 0 Å². The van der Waals surface area contributed by atoms with Crippen LogP contribution in [0.5, 0.6) is 0 Å². The van der Waals surface area contributed by atoms with Crippen molar-refractivity contribution in [1.82, 2.24) is 4.90 Å². The average Bonchev–Trinajstić information content (AvgIpc) is 2.38. The highest BCUT2D eigenvalue weighted by Crippen LogP contribution is 2.24. The molecule has 0 radical (unpaired) electrons. The van der Waals surface area contributed by atoms with Crippen LogP contribution in [0.1, 0.15) is 29.6 Å². The van der Waals surface area contributed by atoms with Gasteiger partial charge in [-0.1, -0.05) is 0 Å². The van der Waals surface area contributed by atoms with Crippen LogP contribution in [0, 0.1) is 5.82 Å². The van der Waals surface area contributed by atoms with Crippen molar-refractivity contribution in [2.24, 2.45) is 5.73 Å². The number of halogens is 2. The minimum atomic E-state index is -0.354. The molecule has 1 saturated heterocycles. The molecule has 0 unspecified atom stereocenters. The van der Waals surface area contributed by atoms with Crippen LogP contribution in [0.2, 0.25) is 0 Å². The second-order valence-corrected chi connectivity index (χ2v) is 5.36. The third-order valence-electron chi connectivity index (χ3n) is 3.32. The van der Waals surface area contributed by atoms with Gasteiger partial charge in [0.25, 0.3) is 5.91 Å². The van der Waals surface area contributed by atoms with Gasteiger partial charge in [-0.3, -0.25) is 4.79 Å². The van der Waals surface area contributed by atoms with E-state index in [2.05, 4.69) is 15.9 Å². The van der Waals surface area contributed by atoms with Gasteiger partial charge < -0.3 is 10.6 Å². The van der Waals surface area contributed by atoms with Gasteiger partial charge in [-0.2, -0.15) is 0 Å². The van der Waals surface area contributed by atoms with Gasteiger partial charge in [0, 0.05) is 23.6 Å². The predicted octanol–water partition coefficient (Wildman–Crippen LogP) is 2.54. The molecule has 0 bridgehead atoms. The molecule has 1 atom stereocenters. The van der Waals surface area contributed by atoms with Crippen molar-refractivity contribution < 1.29 is 9.18 Å². The van der Waals surface area contributed by atoms with Crippen molar-refractivity contribution in [3.63, 3.8) is 0 Å². The van der Waals surface area contributed by atoms with E-state index in [1.54, 1.807) is 0 Å².